The van der Waals surface area contributed by atoms with E-state index in [4.69, 9.17) is 14.6 Å². The van der Waals surface area contributed by atoms with E-state index in [1.54, 1.807) is 12.1 Å². The predicted octanol–water partition coefficient (Wildman–Crippen LogP) is 2.28. The molecule has 0 radical (unpaired) electrons. The molecule has 19 heavy (non-hydrogen) atoms. The van der Waals surface area contributed by atoms with Crippen LogP contribution >= 0.6 is 0 Å². The highest BCUT2D eigenvalue weighted by atomic mass is 16.5. The van der Waals surface area contributed by atoms with Gasteiger partial charge in [-0.2, -0.15) is 5.10 Å². The lowest BCUT2D eigenvalue weighted by Crippen LogP contribution is -1.99. The Morgan fingerprint density at radius 2 is 1.95 bits per heavy atom. The van der Waals surface area contributed by atoms with Gasteiger partial charge < -0.3 is 14.6 Å². The molecule has 0 aliphatic rings. The van der Waals surface area contributed by atoms with Crippen LogP contribution in [0, 0.1) is 6.92 Å². The number of carboxylic acid groups (broad SMARTS) is 1. The minimum Gasteiger partial charge on any atom is -0.493 e. The number of ether oxygens (including phenoxy) is 2. The van der Waals surface area contributed by atoms with Gasteiger partial charge in [-0.3, -0.25) is 0 Å². The van der Waals surface area contributed by atoms with Crippen molar-refractivity contribution in [3.63, 3.8) is 0 Å². The molecule has 0 saturated heterocycles. The monoisotopic (exact) mass is 260 g/mol. The van der Waals surface area contributed by atoms with Gasteiger partial charge in [0.2, 0.25) is 5.88 Å². The first-order chi connectivity index (χ1) is 9.10. The summed E-state index contributed by atoms with van der Waals surface area (Å²) in [6.07, 6.45) is 0. The van der Waals surface area contributed by atoms with Gasteiger partial charge >= 0.3 is 5.97 Å². The van der Waals surface area contributed by atoms with Crippen molar-refractivity contribution in [3.05, 3.63) is 41.6 Å². The molecule has 0 amide bonds. The van der Waals surface area contributed by atoms with Crippen LogP contribution in [-0.2, 0) is 0 Å². The summed E-state index contributed by atoms with van der Waals surface area (Å²) in [7, 11) is 1.48. The highest BCUT2D eigenvalue weighted by molar-refractivity contribution is 5.88. The van der Waals surface area contributed by atoms with Crippen LogP contribution in [0.4, 0.5) is 0 Å². The first-order valence-corrected chi connectivity index (χ1v) is 5.49. The number of aromatic carboxylic acids is 1. The molecule has 2 rings (SSSR count). The van der Waals surface area contributed by atoms with Crippen LogP contribution in [0.1, 0.15) is 16.1 Å². The topological polar surface area (TPSA) is 81.5 Å². The van der Waals surface area contributed by atoms with Crippen LogP contribution in [-0.4, -0.2) is 28.4 Å². The third kappa shape index (κ3) is 2.98. The number of hydrogen-bond donors (Lipinski definition) is 1. The van der Waals surface area contributed by atoms with Crippen molar-refractivity contribution in [2.24, 2.45) is 0 Å². The van der Waals surface area contributed by atoms with Gasteiger partial charge in [0.05, 0.1) is 18.4 Å². The maximum atomic E-state index is 10.9. The molecule has 1 heterocycles. The van der Waals surface area contributed by atoms with Gasteiger partial charge in [0.1, 0.15) is 0 Å². The van der Waals surface area contributed by atoms with Crippen molar-refractivity contribution in [2.45, 2.75) is 6.92 Å². The zero-order valence-corrected chi connectivity index (χ0v) is 10.5. The van der Waals surface area contributed by atoms with Gasteiger partial charge in [-0.05, 0) is 31.2 Å². The molecule has 0 aliphatic heterocycles. The van der Waals surface area contributed by atoms with E-state index in [1.165, 1.54) is 25.3 Å². The summed E-state index contributed by atoms with van der Waals surface area (Å²) in [5.41, 5.74) is 0.870. The number of aromatic nitrogens is 2. The second kappa shape index (κ2) is 5.34. The molecular formula is C13H12N2O4. The number of benzene rings is 1. The molecule has 0 saturated carbocycles. The third-order valence-corrected chi connectivity index (χ3v) is 2.40. The Bertz CT molecular complexity index is 596. The van der Waals surface area contributed by atoms with E-state index in [-0.39, 0.29) is 17.2 Å². The summed E-state index contributed by atoms with van der Waals surface area (Å²) in [5, 5.41) is 16.7. The van der Waals surface area contributed by atoms with Crippen LogP contribution in [0.15, 0.2) is 30.3 Å². The van der Waals surface area contributed by atoms with Crippen molar-refractivity contribution in [2.75, 3.05) is 7.11 Å². The first-order valence-electron chi connectivity index (χ1n) is 5.49. The Balaban J connectivity index is 2.34. The predicted molar refractivity (Wildman–Crippen MR) is 66.8 cm³/mol. The Morgan fingerprint density at radius 1 is 1.16 bits per heavy atom. The van der Waals surface area contributed by atoms with E-state index < -0.39 is 5.97 Å². The summed E-state index contributed by atoms with van der Waals surface area (Å²) in [4.78, 5) is 10.9. The molecule has 6 heteroatoms. The average Bonchev–Trinajstić information content (AvgIpc) is 2.41. The Labute approximate surface area is 109 Å². The molecule has 2 aromatic rings. The van der Waals surface area contributed by atoms with E-state index in [0.29, 0.717) is 5.75 Å². The minimum absolute atomic E-state index is 0.107. The zero-order chi connectivity index (χ0) is 13.8. The summed E-state index contributed by atoms with van der Waals surface area (Å²) in [6.45, 7) is 1.81. The third-order valence-electron chi connectivity index (χ3n) is 2.40. The highest BCUT2D eigenvalue weighted by Gasteiger charge is 2.11. The maximum absolute atomic E-state index is 10.9. The Morgan fingerprint density at radius 3 is 2.53 bits per heavy atom. The number of methoxy groups -OCH3 is 1. The van der Waals surface area contributed by atoms with Crippen molar-refractivity contribution in [1.82, 2.24) is 10.2 Å². The van der Waals surface area contributed by atoms with Crippen LogP contribution < -0.4 is 9.47 Å². The largest absolute Gasteiger partial charge is 0.493 e. The molecule has 0 spiro atoms. The van der Waals surface area contributed by atoms with Crippen LogP contribution in [0.2, 0.25) is 0 Å². The molecule has 1 aromatic carbocycles. The zero-order valence-electron chi connectivity index (χ0n) is 10.5. The molecule has 1 aromatic heterocycles. The number of rotatable bonds is 4. The van der Waals surface area contributed by atoms with Gasteiger partial charge in [0.25, 0.3) is 0 Å². The fourth-order valence-electron chi connectivity index (χ4n) is 1.44. The Kier molecular flexibility index (Phi) is 3.61. The fourth-order valence-corrected chi connectivity index (χ4v) is 1.44. The van der Waals surface area contributed by atoms with Crippen LogP contribution in [0.5, 0.6) is 17.4 Å². The number of nitrogens with zero attached hydrogens (tertiary/aromatic N) is 2. The lowest BCUT2D eigenvalue weighted by Gasteiger charge is -2.09. The second-order valence-corrected chi connectivity index (χ2v) is 3.79. The molecule has 98 valence electrons. The SMILES string of the molecule is COc1ccc(C(=O)O)cc1Oc1ccc(C)nn1. The van der Waals surface area contributed by atoms with Gasteiger partial charge in [-0.1, -0.05) is 0 Å². The molecule has 6 nitrogen and oxygen atoms in total. The molecule has 0 atom stereocenters. The van der Waals surface area contributed by atoms with Gasteiger partial charge in [0.15, 0.2) is 11.5 Å². The molecule has 1 N–H and O–H groups in total. The van der Waals surface area contributed by atoms with Crippen molar-refractivity contribution >= 4 is 5.97 Å². The number of carbonyl (C=O) groups is 1. The standard InChI is InChI=1S/C13H12N2O4/c1-8-3-6-12(15-14-8)19-11-7-9(13(16)17)4-5-10(11)18-2/h3-7H,1-2H3,(H,16,17). The highest BCUT2D eigenvalue weighted by Crippen LogP contribution is 2.31. The second-order valence-electron chi connectivity index (χ2n) is 3.79. The normalized spacial score (nSPS) is 10.0. The van der Waals surface area contributed by atoms with Gasteiger partial charge in [0, 0.05) is 6.07 Å². The van der Waals surface area contributed by atoms with Crippen molar-refractivity contribution in [3.8, 4) is 17.4 Å². The van der Waals surface area contributed by atoms with E-state index in [9.17, 15) is 4.79 Å². The van der Waals surface area contributed by atoms with Crippen molar-refractivity contribution in [1.29, 1.82) is 0 Å². The molecule has 0 bridgehead atoms. The summed E-state index contributed by atoms with van der Waals surface area (Å²) in [6, 6.07) is 7.74. The van der Waals surface area contributed by atoms with E-state index >= 15 is 0 Å². The van der Waals surface area contributed by atoms with E-state index in [2.05, 4.69) is 10.2 Å². The maximum Gasteiger partial charge on any atom is 0.335 e. The minimum atomic E-state index is -1.04. The van der Waals surface area contributed by atoms with Gasteiger partial charge in [-0.15, -0.1) is 5.10 Å². The molecular weight excluding hydrogens is 248 g/mol. The number of carboxylic acids is 1. The quantitative estimate of drug-likeness (QED) is 0.908. The summed E-state index contributed by atoms with van der Waals surface area (Å²) >= 11 is 0. The molecule has 0 aliphatic carbocycles. The first kappa shape index (κ1) is 12.8. The molecule has 0 fully saturated rings. The molecule has 0 unspecified atom stereocenters. The summed E-state index contributed by atoms with van der Waals surface area (Å²) < 4.78 is 10.6. The lowest BCUT2D eigenvalue weighted by molar-refractivity contribution is 0.0696. The number of aryl methyl sites for hydroxylation is 1. The lowest BCUT2D eigenvalue weighted by atomic mass is 10.2. The fraction of sp³-hybridized carbons (Fsp3) is 0.154. The smallest absolute Gasteiger partial charge is 0.335 e. The van der Waals surface area contributed by atoms with Crippen LogP contribution in [0.3, 0.4) is 0 Å². The average molecular weight is 260 g/mol. The van der Waals surface area contributed by atoms with E-state index in [1.807, 2.05) is 6.92 Å². The van der Waals surface area contributed by atoms with Crippen molar-refractivity contribution < 1.29 is 19.4 Å². The summed E-state index contributed by atoms with van der Waals surface area (Å²) in [5.74, 6) is -0.0677. The Hall–Kier alpha value is -2.63. The number of hydrogen-bond acceptors (Lipinski definition) is 5. The van der Waals surface area contributed by atoms with Crippen LogP contribution in [0.25, 0.3) is 0 Å². The van der Waals surface area contributed by atoms with E-state index in [0.717, 1.165) is 5.69 Å². The van der Waals surface area contributed by atoms with Gasteiger partial charge in [-0.25, -0.2) is 4.79 Å².